The fourth-order valence-corrected chi connectivity index (χ4v) is 2.11. The second-order valence-electron chi connectivity index (χ2n) is 4.95. The molecule has 1 heterocycles. The van der Waals surface area contributed by atoms with E-state index < -0.39 is 0 Å². The van der Waals surface area contributed by atoms with Gasteiger partial charge < -0.3 is 15.0 Å². The minimum absolute atomic E-state index is 0.0325. The highest BCUT2D eigenvalue weighted by atomic mass is 32.1. The van der Waals surface area contributed by atoms with E-state index in [4.69, 9.17) is 22.7 Å². The molecule has 0 bridgehead atoms. The first-order chi connectivity index (χ1) is 9.47. The number of hydrogen-bond donors (Lipinski definition) is 1. The van der Waals surface area contributed by atoms with Gasteiger partial charge >= 0.3 is 0 Å². The molecule has 1 aromatic carbocycles. The highest BCUT2D eigenvalue weighted by molar-refractivity contribution is 7.80. The number of benzene rings is 1. The van der Waals surface area contributed by atoms with Crippen molar-refractivity contribution in [3.05, 3.63) is 40.8 Å². The number of ether oxygens (including phenoxy) is 1. The number of nitrogens with zero attached hydrogens (tertiary/aromatic N) is 1. The molecule has 0 spiro atoms. The van der Waals surface area contributed by atoms with Crippen molar-refractivity contribution in [2.24, 2.45) is 5.73 Å². The van der Waals surface area contributed by atoms with E-state index in [1.807, 2.05) is 32.0 Å². The maximum absolute atomic E-state index is 12.3. The van der Waals surface area contributed by atoms with Gasteiger partial charge in [-0.3, -0.25) is 4.79 Å². The molecule has 106 valence electrons. The van der Waals surface area contributed by atoms with Crippen LogP contribution in [0, 0.1) is 0 Å². The van der Waals surface area contributed by atoms with Crippen molar-refractivity contribution < 1.29 is 4.74 Å². The summed E-state index contributed by atoms with van der Waals surface area (Å²) in [4.78, 5) is 12.7. The van der Waals surface area contributed by atoms with E-state index >= 15 is 0 Å². The second-order valence-corrected chi connectivity index (χ2v) is 5.47. The van der Waals surface area contributed by atoms with Crippen LogP contribution in [0.2, 0.25) is 0 Å². The third-order valence-electron chi connectivity index (χ3n) is 2.92. The van der Waals surface area contributed by atoms with Crippen molar-refractivity contribution in [2.45, 2.75) is 32.9 Å². The van der Waals surface area contributed by atoms with Gasteiger partial charge in [-0.25, -0.2) is 0 Å². The maximum atomic E-state index is 12.3. The largest absolute Gasteiger partial charge is 0.491 e. The zero-order valence-corrected chi connectivity index (χ0v) is 12.4. The predicted molar refractivity (Wildman–Crippen MR) is 85.4 cm³/mol. The van der Waals surface area contributed by atoms with Crippen molar-refractivity contribution in [3.63, 3.8) is 0 Å². The Morgan fingerprint density at radius 1 is 1.40 bits per heavy atom. The number of aromatic nitrogens is 1. The van der Waals surface area contributed by atoms with Crippen LogP contribution in [0.25, 0.3) is 10.8 Å². The van der Waals surface area contributed by atoms with E-state index in [-0.39, 0.29) is 11.7 Å². The van der Waals surface area contributed by atoms with E-state index in [9.17, 15) is 4.79 Å². The summed E-state index contributed by atoms with van der Waals surface area (Å²) in [6, 6.07) is 7.41. The Kier molecular flexibility index (Phi) is 4.39. The van der Waals surface area contributed by atoms with Crippen LogP contribution in [0.1, 0.15) is 20.3 Å². The SMILES string of the molecule is CC(C)Oc1ccc2c(=O)n(CCC(N)=S)ccc2c1. The van der Waals surface area contributed by atoms with Gasteiger partial charge in [0.05, 0.1) is 11.1 Å². The maximum Gasteiger partial charge on any atom is 0.258 e. The first-order valence-corrected chi connectivity index (χ1v) is 6.96. The number of fused-ring (bicyclic) bond motifs is 1. The highest BCUT2D eigenvalue weighted by Crippen LogP contribution is 2.19. The molecule has 1 aromatic heterocycles. The molecule has 0 saturated heterocycles. The molecule has 2 aromatic rings. The molecule has 0 aliphatic heterocycles. The molecule has 2 rings (SSSR count). The van der Waals surface area contributed by atoms with Gasteiger partial charge in [0.1, 0.15) is 5.75 Å². The van der Waals surface area contributed by atoms with E-state index in [1.54, 1.807) is 16.8 Å². The molecule has 5 heteroatoms. The molecule has 0 aliphatic carbocycles. The number of aryl methyl sites for hydroxylation is 1. The van der Waals surface area contributed by atoms with Gasteiger partial charge in [0.15, 0.2) is 0 Å². The highest BCUT2D eigenvalue weighted by Gasteiger charge is 2.05. The third-order valence-corrected chi connectivity index (χ3v) is 3.12. The Labute approximate surface area is 123 Å². The summed E-state index contributed by atoms with van der Waals surface area (Å²) in [5.74, 6) is 0.771. The lowest BCUT2D eigenvalue weighted by molar-refractivity contribution is 0.243. The van der Waals surface area contributed by atoms with Crippen LogP contribution in [0.15, 0.2) is 35.3 Å². The summed E-state index contributed by atoms with van der Waals surface area (Å²) in [5.41, 5.74) is 5.44. The van der Waals surface area contributed by atoms with Crippen molar-refractivity contribution in [1.29, 1.82) is 0 Å². The zero-order valence-electron chi connectivity index (χ0n) is 11.6. The van der Waals surface area contributed by atoms with E-state index in [2.05, 4.69) is 0 Å². The van der Waals surface area contributed by atoms with Gasteiger partial charge in [0, 0.05) is 24.5 Å². The first-order valence-electron chi connectivity index (χ1n) is 6.55. The Hall–Kier alpha value is -1.88. The minimum atomic E-state index is -0.0325. The average Bonchev–Trinajstić information content (AvgIpc) is 2.37. The Morgan fingerprint density at radius 3 is 2.80 bits per heavy atom. The average molecular weight is 290 g/mol. The van der Waals surface area contributed by atoms with Gasteiger partial charge in [-0.15, -0.1) is 0 Å². The molecule has 0 unspecified atom stereocenters. The number of nitrogens with two attached hydrogens (primary N) is 1. The van der Waals surface area contributed by atoms with E-state index in [1.165, 1.54) is 0 Å². The molecule has 4 nitrogen and oxygen atoms in total. The molecule has 0 aliphatic rings. The van der Waals surface area contributed by atoms with Crippen LogP contribution in [0.5, 0.6) is 5.75 Å². The second kappa shape index (κ2) is 6.05. The Bertz CT molecular complexity index is 692. The Morgan fingerprint density at radius 2 is 2.15 bits per heavy atom. The summed E-state index contributed by atoms with van der Waals surface area (Å²) in [6.45, 7) is 4.45. The van der Waals surface area contributed by atoms with Crippen LogP contribution in [0.3, 0.4) is 0 Å². The lowest BCUT2D eigenvalue weighted by Crippen LogP contribution is -2.22. The van der Waals surface area contributed by atoms with Gasteiger partial charge in [-0.05, 0) is 43.5 Å². The zero-order chi connectivity index (χ0) is 14.7. The van der Waals surface area contributed by atoms with Crippen LogP contribution < -0.4 is 16.0 Å². The van der Waals surface area contributed by atoms with Crippen molar-refractivity contribution >= 4 is 28.0 Å². The summed E-state index contributed by atoms with van der Waals surface area (Å²) in [6.07, 6.45) is 2.40. The lowest BCUT2D eigenvalue weighted by atomic mass is 10.1. The molecule has 0 radical (unpaired) electrons. The monoisotopic (exact) mass is 290 g/mol. The summed E-state index contributed by atoms with van der Waals surface area (Å²) < 4.78 is 7.26. The topological polar surface area (TPSA) is 57.2 Å². The molecule has 0 amide bonds. The van der Waals surface area contributed by atoms with Gasteiger partial charge in [-0.2, -0.15) is 0 Å². The van der Waals surface area contributed by atoms with Crippen LogP contribution >= 0.6 is 12.2 Å². The molecule has 2 N–H and O–H groups in total. The summed E-state index contributed by atoms with van der Waals surface area (Å²) >= 11 is 4.84. The number of rotatable bonds is 5. The Balaban J connectivity index is 2.37. The first kappa shape index (κ1) is 14.5. The quantitative estimate of drug-likeness (QED) is 0.859. The standard InChI is InChI=1S/C15H18N2O2S/c1-10(2)19-12-3-4-13-11(9-12)5-7-17(15(13)18)8-6-14(16)20/h3-5,7,9-10H,6,8H2,1-2H3,(H2,16,20). The molecule has 20 heavy (non-hydrogen) atoms. The van der Waals surface area contributed by atoms with E-state index in [0.717, 1.165) is 11.1 Å². The molecule has 0 saturated carbocycles. The van der Waals surface area contributed by atoms with Crippen molar-refractivity contribution in [2.75, 3.05) is 0 Å². The molecule has 0 fully saturated rings. The molecular formula is C15H18N2O2S. The molecule has 0 atom stereocenters. The lowest BCUT2D eigenvalue weighted by Gasteiger charge is -2.11. The molecular weight excluding hydrogens is 272 g/mol. The van der Waals surface area contributed by atoms with Crippen LogP contribution in [-0.2, 0) is 6.54 Å². The number of pyridine rings is 1. The normalized spacial score (nSPS) is 10.9. The van der Waals surface area contributed by atoms with Gasteiger partial charge in [0.2, 0.25) is 0 Å². The van der Waals surface area contributed by atoms with E-state index in [0.29, 0.717) is 23.3 Å². The number of hydrogen-bond acceptors (Lipinski definition) is 3. The van der Waals surface area contributed by atoms with Gasteiger partial charge in [0.25, 0.3) is 5.56 Å². The van der Waals surface area contributed by atoms with Gasteiger partial charge in [-0.1, -0.05) is 12.2 Å². The van der Waals surface area contributed by atoms with Crippen LogP contribution in [0.4, 0.5) is 0 Å². The predicted octanol–water partition coefficient (Wildman–Crippen LogP) is 2.46. The summed E-state index contributed by atoms with van der Waals surface area (Å²) in [7, 11) is 0. The minimum Gasteiger partial charge on any atom is -0.491 e. The summed E-state index contributed by atoms with van der Waals surface area (Å²) in [5, 5.41) is 1.55. The van der Waals surface area contributed by atoms with Crippen molar-refractivity contribution in [3.8, 4) is 5.75 Å². The van der Waals surface area contributed by atoms with Crippen molar-refractivity contribution in [1.82, 2.24) is 4.57 Å². The fraction of sp³-hybridized carbons (Fsp3) is 0.333. The van der Waals surface area contributed by atoms with Crippen LogP contribution in [-0.4, -0.2) is 15.7 Å². The number of thiocarbonyl (C=S) groups is 1. The third kappa shape index (κ3) is 3.36. The fourth-order valence-electron chi connectivity index (χ4n) is 2.02. The smallest absolute Gasteiger partial charge is 0.258 e.